The quantitative estimate of drug-likeness (QED) is 0.831. The summed E-state index contributed by atoms with van der Waals surface area (Å²) >= 11 is 0. The number of benzene rings is 1. The number of nitrogens with one attached hydrogen (secondary N) is 2. The molecule has 2 N–H and O–H groups in total. The van der Waals surface area contributed by atoms with Gasteiger partial charge >= 0.3 is 0 Å². The summed E-state index contributed by atoms with van der Waals surface area (Å²) < 4.78 is 0. The van der Waals surface area contributed by atoms with Gasteiger partial charge in [-0.15, -0.1) is 0 Å². The Kier molecular flexibility index (Phi) is 6.37. The maximum Gasteiger partial charge on any atom is 0.251 e. The maximum atomic E-state index is 12.6. The number of aromatic nitrogens is 1. The third-order valence-corrected chi connectivity index (χ3v) is 4.85. The summed E-state index contributed by atoms with van der Waals surface area (Å²) in [5.74, 6) is -0.0984. The lowest BCUT2D eigenvalue weighted by Gasteiger charge is -2.33. The van der Waals surface area contributed by atoms with Gasteiger partial charge < -0.3 is 15.5 Å². The number of likely N-dealkylation sites (tertiary alicyclic amines) is 1. The van der Waals surface area contributed by atoms with Gasteiger partial charge in [0.05, 0.1) is 0 Å². The van der Waals surface area contributed by atoms with Crippen molar-refractivity contribution in [1.29, 1.82) is 0 Å². The molecule has 1 fully saturated rings. The van der Waals surface area contributed by atoms with Crippen LogP contribution >= 0.6 is 0 Å². The second-order valence-corrected chi connectivity index (χ2v) is 6.86. The SMILES string of the molecule is CC(NC(=O)c1ccccc1)C(=O)N1CCC(C(=O)Nc2ccccn2)CC1. The van der Waals surface area contributed by atoms with E-state index >= 15 is 0 Å². The number of amides is 3. The second kappa shape index (κ2) is 9.12. The summed E-state index contributed by atoms with van der Waals surface area (Å²) in [7, 11) is 0. The van der Waals surface area contributed by atoms with E-state index in [-0.39, 0.29) is 23.6 Å². The molecule has 2 heterocycles. The lowest BCUT2D eigenvalue weighted by Crippen LogP contribution is -2.50. The molecule has 1 atom stereocenters. The third-order valence-electron chi connectivity index (χ3n) is 4.85. The van der Waals surface area contributed by atoms with Gasteiger partial charge in [-0.25, -0.2) is 4.98 Å². The van der Waals surface area contributed by atoms with Crippen LogP contribution < -0.4 is 10.6 Å². The normalized spacial score (nSPS) is 15.5. The van der Waals surface area contributed by atoms with Crippen LogP contribution in [-0.4, -0.2) is 46.7 Å². The Hall–Kier alpha value is -3.22. The van der Waals surface area contributed by atoms with E-state index in [1.807, 2.05) is 12.1 Å². The molecule has 0 aliphatic carbocycles. The Bertz CT molecular complexity index is 818. The van der Waals surface area contributed by atoms with Crippen molar-refractivity contribution in [3.63, 3.8) is 0 Å². The molecule has 2 aromatic rings. The van der Waals surface area contributed by atoms with Gasteiger partial charge in [0.25, 0.3) is 5.91 Å². The van der Waals surface area contributed by atoms with Gasteiger partial charge in [-0.05, 0) is 44.0 Å². The van der Waals surface area contributed by atoms with Gasteiger partial charge in [0.15, 0.2) is 0 Å². The smallest absolute Gasteiger partial charge is 0.251 e. The molecule has 1 aliphatic heterocycles. The average molecular weight is 380 g/mol. The molecule has 3 amide bonds. The topological polar surface area (TPSA) is 91.4 Å². The fraction of sp³-hybridized carbons (Fsp3) is 0.333. The number of hydrogen-bond acceptors (Lipinski definition) is 4. The zero-order valence-electron chi connectivity index (χ0n) is 15.8. The molecule has 3 rings (SSSR count). The lowest BCUT2D eigenvalue weighted by atomic mass is 9.95. The van der Waals surface area contributed by atoms with Crippen molar-refractivity contribution in [2.75, 3.05) is 18.4 Å². The Morgan fingerprint density at radius 2 is 1.71 bits per heavy atom. The molecule has 1 saturated heterocycles. The van der Waals surface area contributed by atoms with Crippen LogP contribution in [0, 0.1) is 5.92 Å². The predicted octanol–water partition coefficient (Wildman–Crippen LogP) is 2.08. The van der Waals surface area contributed by atoms with Crippen molar-refractivity contribution < 1.29 is 14.4 Å². The molecule has 1 aromatic heterocycles. The van der Waals surface area contributed by atoms with E-state index in [1.165, 1.54) is 0 Å². The largest absolute Gasteiger partial charge is 0.341 e. The second-order valence-electron chi connectivity index (χ2n) is 6.86. The molecule has 7 heteroatoms. The lowest BCUT2D eigenvalue weighted by molar-refractivity contribution is -0.135. The van der Waals surface area contributed by atoms with Gasteiger partial charge in [-0.3, -0.25) is 14.4 Å². The average Bonchev–Trinajstić information content (AvgIpc) is 2.74. The Morgan fingerprint density at radius 1 is 1.04 bits per heavy atom. The van der Waals surface area contributed by atoms with Gasteiger partial charge in [0.1, 0.15) is 11.9 Å². The van der Waals surface area contributed by atoms with Crippen molar-refractivity contribution in [2.24, 2.45) is 5.92 Å². The highest BCUT2D eigenvalue weighted by Crippen LogP contribution is 2.19. The third kappa shape index (κ3) is 4.94. The van der Waals surface area contributed by atoms with E-state index in [2.05, 4.69) is 15.6 Å². The Labute approximate surface area is 164 Å². The molecule has 1 aromatic carbocycles. The van der Waals surface area contributed by atoms with Crippen molar-refractivity contribution in [3.05, 3.63) is 60.3 Å². The number of piperidine rings is 1. The monoisotopic (exact) mass is 380 g/mol. The number of anilines is 1. The minimum absolute atomic E-state index is 0.0729. The molecule has 1 unspecified atom stereocenters. The number of hydrogen-bond donors (Lipinski definition) is 2. The first-order valence-electron chi connectivity index (χ1n) is 9.41. The Balaban J connectivity index is 1.48. The summed E-state index contributed by atoms with van der Waals surface area (Å²) in [5, 5.41) is 5.55. The molecule has 1 aliphatic rings. The highest BCUT2D eigenvalue weighted by molar-refractivity contribution is 5.97. The van der Waals surface area contributed by atoms with Crippen LogP contribution in [0.3, 0.4) is 0 Å². The minimum Gasteiger partial charge on any atom is -0.341 e. The zero-order valence-corrected chi connectivity index (χ0v) is 15.8. The van der Waals surface area contributed by atoms with Crippen LogP contribution in [0.1, 0.15) is 30.1 Å². The van der Waals surface area contributed by atoms with Crippen molar-refractivity contribution in [2.45, 2.75) is 25.8 Å². The van der Waals surface area contributed by atoms with Gasteiger partial charge in [0.2, 0.25) is 11.8 Å². The maximum absolute atomic E-state index is 12.6. The zero-order chi connectivity index (χ0) is 19.9. The first-order chi connectivity index (χ1) is 13.5. The van der Waals surface area contributed by atoms with Crippen LogP contribution in [0.5, 0.6) is 0 Å². The first-order valence-corrected chi connectivity index (χ1v) is 9.41. The molecule has 7 nitrogen and oxygen atoms in total. The fourth-order valence-electron chi connectivity index (χ4n) is 3.23. The molecule has 0 radical (unpaired) electrons. The molecule has 0 spiro atoms. The van der Waals surface area contributed by atoms with Crippen LogP contribution in [0.25, 0.3) is 0 Å². The predicted molar refractivity (Wildman–Crippen MR) is 106 cm³/mol. The summed E-state index contributed by atoms with van der Waals surface area (Å²) in [6, 6.07) is 13.5. The van der Waals surface area contributed by atoms with Crippen LogP contribution in [-0.2, 0) is 9.59 Å². The molecule has 0 saturated carbocycles. The van der Waals surface area contributed by atoms with Gasteiger partial charge in [0, 0.05) is 30.8 Å². The molecular weight excluding hydrogens is 356 g/mol. The number of pyridine rings is 1. The summed E-state index contributed by atoms with van der Waals surface area (Å²) in [6.45, 7) is 2.67. The van der Waals surface area contributed by atoms with E-state index in [0.29, 0.717) is 37.3 Å². The first kappa shape index (κ1) is 19.5. The summed E-state index contributed by atoms with van der Waals surface area (Å²) in [4.78, 5) is 43.0. The molecular formula is C21H24N4O3. The fourth-order valence-corrected chi connectivity index (χ4v) is 3.23. The molecule has 0 bridgehead atoms. The van der Waals surface area contributed by atoms with Gasteiger partial charge in [-0.2, -0.15) is 0 Å². The molecule has 146 valence electrons. The van der Waals surface area contributed by atoms with Crippen LogP contribution in [0.2, 0.25) is 0 Å². The molecule has 28 heavy (non-hydrogen) atoms. The standard InChI is InChI=1S/C21H24N4O3/c1-15(23-19(26)16-7-3-2-4-8-16)21(28)25-13-10-17(11-14-25)20(27)24-18-9-5-6-12-22-18/h2-9,12,15,17H,10-11,13-14H2,1H3,(H,23,26)(H,22,24,27). The van der Waals surface area contributed by atoms with Crippen molar-refractivity contribution in [1.82, 2.24) is 15.2 Å². The van der Waals surface area contributed by atoms with Crippen LogP contribution in [0.15, 0.2) is 54.7 Å². The minimum atomic E-state index is -0.619. The number of carbonyl (C=O) groups is 3. The van der Waals surface area contributed by atoms with E-state index in [4.69, 9.17) is 0 Å². The Morgan fingerprint density at radius 3 is 2.36 bits per heavy atom. The number of rotatable bonds is 5. The van der Waals surface area contributed by atoms with Crippen LogP contribution in [0.4, 0.5) is 5.82 Å². The number of carbonyl (C=O) groups excluding carboxylic acids is 3. The summed E-state index contributed by atoms with van der Waals surface area (Å²) in [5.41, 5.74) is 0.520. The van der Waals surface area contributed by atoms with E-state index < -0.39 is 6.04 Å². The van der Waals surface area contributed by atoms with Gasteiger partial charge in [-0.1, -0.05) is 24.3 Å². The van der Waals surface area contributed by atoms with E-state index in [1.54, 1.807) is 54.4 Å². The van der Waals surface area contributed by atoms with E-state index in [9.17, 15) is 14.4 Å². The number of nitrogens with zero attached hydrogens (tertiary/aromatic N) is 2. The van der Waals surface area contributed by atoms with E-state index in [0.717, 1.165) is 0 Å². The van der Waals surface area contributed by atoms with Crippen molar-refractivity contribution >= 4 is 23.5 Å². The highest BCUT2D eigenvalue weighted by Gasteiger charge is 2.30. The highest BCUT2D eigenvalue weighted by atomic mass is 16.2. The summed E-state index contributed by atoms with van der Waals surface area (Å²) in [6.07, 6.45) is 2.80. The van der Waals surface area contributed by atoms with Crippen molar-refractivity contribution in [3.8, 4) is 0 Å².